The van der Waals surface area contributed by atoms with E-state index in [1.54, 1.807) is 24.3 Å². The molecule has 4 nitrogen and oxygen atoms in total. The first-order valence-corrected chi connectivity index (χ1v) is 12.2. The number of fused-ring (bicyclic) bond motifs is 3. The maximum atomic E-state index is 11.4. The fourth-order valence-corrected chi connectivity index (χ4v) is 5.52. The average molecular weight is 477 g/mol. The van der Waals surface area contributed by atoms with Gasteiger partial charge in [0.25, 0.3) is 5.69 Å². The third-order valence-corrected chi connectivity index (χ3v) is 7.10. The van der Waals surface area contributed by atoms with Gasteiger partial charge in [-0.2, -0.15) is 0 Å². The van der Waals surface area contributed by atoms with Crippen LogP contribution in [0.5, 0.6) is 0 Å². The van der Waals surface area contributed by atoms with Gasteiger partial charge in [0, 0.05) is 39.9 Å². The van der Waals surface area contributed by atoms with E-state index >= 15 is 0 Å². The minimum absolute atomic E-state index is 0.0617. The molecule has 0 fully saturated rings. The predicted molar refractivity (Wildman–Crippen MR) is 149 cm³/mol. The van der Waals surface area contributed by atoms with Crippen molar-refractivity contribution in [3.05, 3.63) is 131 Å². The lowest BCUT2D eigenvalue weighted by atomic mass is 9.88. The third-order valence-electron chi connectivity index (χ3n) is 7.10. The Hall–Kier alpha value is -5.09. The first-order valence-electron chi connectivity index (χ1n) is 12.2. The van der Waals surface area contributed by atoms with Gasteiger partial charge in [-0.25, -0.2) is 4.98 Å². The van der Waals surface area contributed by atoms with Gasteiger partial charge in [-0.05, 0) is 39.6 Å². The molecular weight excluding hydrogens is 456 g/mol. The van der Waals surface area contributed by atoms with Crippen molar-refractivity contribution in [3.8, 4) is 55.9 Å². The molecule has 4 heteroatoms. The Bertz CT molecular complexity index is 1820. The summed E-state index contributed by atoms with van der Waals surface area (Å²) in [4.78, 5) is 16.3. The largest absolute Gasteiger partial charge is 0.269 e. The highest BCUT2D eigenvalue weighted by Gasteiger charge is 2.31. The van der Waals surface area contributed by atoms with Gasteiger partial charge in [-0.15, -0.1) is 0 Å². The van der Waals surface area contributed by atoms with E-state index in [1.807, 2.05) is 36.4 Å². The Morgan fingerprint density at radius 2 is 1.05 bits per heavy atom. The lowest BCUT2D eigenvalue weighted by molar-refractivity contribution is -0.384. The molecule has 0 spiro atoms. The topological polar surface area (TPSA) is 56.0 Å². The zero-order chi connectivity index (χ0) is 24.9. The van der Waals surface area contributed by atoms with E-state index in [4.69, 9.17) is 4.98 Å². The Balaban J connectivity index is 1.66. The van der Waals surface area contributed by atoms with Gasteiger partial charge in [0.1, 0.15) is 0 Å². The van der Waals surface area contributed by atoms with Gasteiger partial charge in [0.05, 0.1) is 16.3 Å². The van der Waals surface area contributed by atoms with Crippen LogP contribution in [0.3, 0.4) is 0 Å². The highest BCUT2D eigenvalue weighted by molar-refractivity contribution is 6.21. The number of hydrogen-bond donors (Lipinski definition) is 0. The summed E-state index contributed by atoms with van der Waals surface area (Å²) in [6.07, 6.45) is 0. The van der Waals surface area contributed by atoms with Gasteiger partial charge >= 0.3 is 0 Å². The number of nitro benzene ring substituents is 1. The van der Waals surface area contributed by atoms with Crippen molar-refractivity contribution in [1.29, 1.82) is 0 Å². The number of nitrogens with zero attached hydrogens (tertiary/aromatic N) is 2. The van der Waals surface area contributed by atoms with Crippen LogP contribution in [-0.4, -0.2) is 9.91 Å². The van der Waals surface area contributed by atoms with E-state index in [1.165, 1.54) is 21.9 Å². The van der Waals surface area contributed by atoms with Crippen molar-refractivity contribution in [2.24, 2.45) is 0 Å². The summed E-state index contributed by atoms with van der Waals surface area (Å²) in [6, 6.07) is 40.2. The van der Waals surface area contributed by atoms with Crippen molar-refractivity contribution in [2.45, 2.75) is 0 Å². The van der Waals surface area contributed by atoms with E-state index in [0.29, 0.717) is 0 Å². The molecule has 0 bridgehead atoms. The molecule has 1 aliphatic carbocycles. The molecular formula is C33H20N2O2. The molecule has 1 aliphatic rings. The Morgan fingerprint density at radius 3 is 1.68 bits per heavy atom. The van der Waals surface area contributed by atoms with E-state index in [2.05, 4.69) is 60.7 Å². The van der Waals surface area contributed by atoms with Gasteiger partial charge in [0.15, 0.2) is 0 Å². The van der Waals surface area contributed by atoms with Crippen LogP contribution in [0.2, 0.25) is 0 Å². The molecule has 0 aliphatic heterocycles. The summed E-state index contributed by atoms with van der Waals surface area (Å²) in [5, 5.41) is 13.8. The summed E-state index contributed by atoms with van der Waals surface area (Å²) < 4.78 is 0. The Labute approximate surface area is 213 Å². The fraction of sp³-hybridized carbons (Fsp3) is 0. The molecule has 0 unspecified atom stereocenters. The smallest absolute Gasteiger partial charge is 0.258 e. The minimum atomic E-state index is -0.370. The van der Waals surface area contributed by atoms with Gasteiger partial charge < -0.3 is 0 Å². The molecule has 0 N–H and O–H groups in total. The number of aromatic nitrogens is 1. The van der Waals surface area contributed by atoms with Gasteiger partial charge in [-0.3, -0.25) is 10.1 Å². The van der Waals surface area contributed by atoms with Crippen LogP contribution < -0.4 is 0 Å². The quantitative estimate of drug-likeness (QED) is 0.188. The molecule has 0 saturated carbocycles. The first-order chi connectivity index (χ1) is 18.2. The highest BCUT2D eigenvalue weighted by Crippen LogP contribution is 2.55. The third kappa shape index (κ3) is 3.27. The van der Waals surface area contributed by atoms with Crippen LogP contribution in [0, 0.1) is 10.1 Å². The number of rotatable bonds is 4. The van der Waals surface area contributed by atoms with Crippen LogP contribution in [-0.2, 0) is 0 Å². The predicted octanol–water partition coefficient (Wildman–Crippen LogP) is 8.79. The molecule has 0 atom stereocenters. The lowest BCUT2D eigenvalue weighted by Crippen LogP contribution is -1.98. The molecule has 5 aromatic carbocycles. The standard InChI is InChI=1S/C33H20N2O2/c36-35(37)25-19-17-24(18-20-25)32-29(22-9-3-1-4-10-22)30-26-15-7-13-21-14-8-16-27(28(21)26)31(30)33(34-32)23-11-5-2-6-12-23/h1-20H. The minimum Gasteiger partial charge on any atom is -0.258 e. The summed E-state index contributed by atoms with van der Waals surface area (Å²) >= 11 is 0. The molecule has 7 rings (SSSR count). The van der Waals surface area contributed by atoms with Crippen LogP contribution in [0.25, 0.3) is 66.7 Å². The summed E-state index contributed by atoms with van der Waals surface area (Å²) in [5.41, 5.74) is 10.4. The number of benzene rings is 5. The van der Waals surface area contributed by atoms with E-state index in [-0.39, 0.29) is 10.6 Å². The van der Waals surface area contributed by atoms with Crippen LogP contribution in [0.15, 0.2) is 121 Å². The summed E-state index contributed by atoms with van der Waals surface area (Å²) in [7, 11) is 0. The SMILES string of the molecule is O=[N+]([O-])c1ccc(-c2nc(-c3ccccc3)c3c(c2-c2ccccc2)-c2cccc4cccc-3c24)cc1. The maximum absolute atomic E-state index is 11.4. The molecule has 37 heavy (non-hydrogen) atoms. The van der Waals surface area contributed by atoms with E-state index in [9.17, 15) is 10.1 Å². The second kappa shape index (κ2) is 8.25. The fourth-order valence-electron chi connectivity index (χ4n) is 5.52. The van der Waals surface area contributed by atoms with Crippen molar-refractivity contribution >= 4 is 16.5 Å². The van der Waals surface area contributed by atoms with Crippen molar-refractivity contribution < 1.29 is 4.92 Å². The molecule has 0 saturated heterocycles. The molecule has 174 valence electrons. The Morgan fingerprint density at radius 1 is 0.514 bits per heavy atom. The second-order valence-corrected chi connectivity index (χ2v) is 9.18. The van der Waals surface area contributed by atoms with Crippen LogP contribution in [0.4, 0.5) is 5.69 Å². The highest BCUT2D eigenvalue weighted by atomic mass is 16.6. The number of hydrogen-bond acceptors (Lipinski definition) is 3. The Kier molecular flexibility index (Phi) is 4.73. The molecule has 6 aromatic rings. The number of non-ortho nitro benzene ring substituents is 1. The van der Waals surface area contributed by atoms with Gasteiger partial charge in [-0.1, -0.05) is 97.1 Å². The summed E-state index contributed by atoms with van der Waals surface area (Å²) in [6.45, 7) is 0. The van der Waals surface area contributed by atoms with Crippen LogP contribution in [0.1, 0.15) is 0 Å². The molecule has 1 heterocycles. The zero-order valence-corrected chi connectivity index (χ0v) is 19.8. The lowest BCUT2D eigenvalue weighted by Gasteiger charge is -2.19. The summed E-state index contributed by atoms with van der Waals surface area (Å²) in [5.74, 6) is 0. The maximum Gasteiger partial charge on any atom is 0.269 e. The number of pyridine rings is 1. The second-order valence-electron chi connectivity index (χ2n) is 9.18. The average Bonchev–Trinajstić information content (AvgIpc) is 3.29. The van der Waals surface area contributed by atoms with E-state index in [0.717, 1.165) is 44.8 Å². The zero-order valence-electron chi connectivity index (χ0n) is 19.8. The van der Waals surface area contributed by atoms with E-state index < -0.39 is 0 Å². The first kappa shape index (κ1) is 21.2. The molecule has 0 amide bonds. The van der Waals surface area contributed by atoms with Crippen molar-refractivity contribution in [1.82, 2.24) is 4.98 Å². The number of nitro groups is 1. The monoisotopic (exact) mass is 476 g/mol. The van der Waals surface area contributed by atoms with Gasteiger partial charge in [0.2, 0.25) is 0 Å². The van der Waals surface area contributed by atoms with Crippen molar-refractivity contribution in [2.75, 3.05) is 0 Å². The van der Waals surface area contributed by atoms with Crippen LogP contribution >= 0.6 is 0 Å². The molecule has 1 aromatic heterocycles. The normalized spacial score (nSPS) is 11.5. The molecule has 0 radical (unpaired) electrons. The van der Waals surface area contributed by atoms with Crippen molar-refractivity contribution in [3.63, 3.8) is 0 Å².